The number of unbranched alkanes of at least 4 members (excludes halogenated alkanes) is 3. The number of carbonyl (C=O) groups excluding carboxylic acids is 3. The monoisotopic (exact) mass is 602 g/mol. The standard InChI is InChI=1S/C31H42N4O6.ClH/c1-22(32)23-8-6-9-24(20-23)41-16-5-3-2-4-15-39-18-19-40-17-14-33-27-11-7-10-25-26(27)21-35(31(25)38)28-12-13-29(36)34-30(28)37;/h6-11,20,22,28,33H,2-5,12-19,21,32H2,1H3,(H,34,36,37);1H/t22-,28?;/m1./s1. The molecule has 11 heteroatoms. The van der Waals surface area contributed by atoms with Gasteiger partial charge in [0.15, 0.2) is 0 Å². The lowest BCUT2D eigenvalue weighted by molar-refractivity contribution is -0.136. The Hall–Kier alpha value is -3.18. The van der Waals surface area contributed by atoms with E-state index in [-0.39, 0.29) is 36.7 Å². The molecule has 2 aliphatic heterocycles. The SMILES string of the molecule is C[C@@H](N)c1cccc(OCCCCCCOCCOCCNc2cccc3c2CN(C2CCC(=O)NC2=O)C3=O)c1.Cl. The number of amides is 3. The zero-order valence-electron chi connectivity index (χ0n) is 24.3. The van der Waals surface area contributed by atoms with Crippen molar-refractivity contribution < 1.29 is 28.6 Å². The maximum absolute atomic E-state index is 12.9. The third-order valence-electron chi connectivity index (χ3n) is 7.35. The molecule has 4 N–H and O–H groups in total. The highest BCUT2D eigenvalue weighted by atomic mass is 35.5. The van der Waals surface area contributed by atoms with E-state index in [9.17, 15) is 14.4 Å². The van der Waals surface area contributed by atoms with Crippen LogP contribution in [0.4, 0.5) is 5.69 Å². The molecule has 2 heterocycles. The Morgan fingerprint density at radius 3 is 2.48 bits per heavy atom. The average Bonchev–Trinajstić information content (AvgIpc) is 3.30. The number of rotatable bonds is 17. The number of hydrogen-bond acceptors (Lipinski definition) is 8. The molecule has 2 aromatic rings. The Morgan fingerprint density at radius 2 is 1.71 bits per heavy atom. The largest absolute Gasteiger partial charge is 0.494 e. The molecule has 4 rings (SSSR count). The summed E-state index contributed by atoms with van der Waals surface area (Å²) in [5.74, 6) is -0.000554. The minimum atomic E-state index is -0.619. The predicted octanol–water partition coefficient (Wildman–Crippen LogP) is 3.97. The second-order valence-electron chi connectivity index (χ2n) is 10.5. The summed E-state index contributed by atoms with van der Waals surface area (Å²) in [5.41, 5.74) is 9.32. The topological polar surface area (TPSA) is 132 Å². The number of benzene rings is 2. The predicted molar refractivity (Wildman–Crippen MR) is 163 cm³/mol. The summed E-state index contributed by atoms with van der Waals surface area (Å²) in [4.78, 5) is 38.2. The first kappa shape index (κ1) is 33.3. The van der Waals surface area contributed by atoms with E-state index in [1.54, 1.807) is 11.0 Å². The third-order valence-corrected chi connectivity index (χ3v) is 7.35. The molecule has 10 nitrogen and oxygen atoms in total. The molecule has 2 aliphatic rings. The second kappa shape index (κ2) is 17.1. The highest BCUT2D eigenvalue weighted by Crippen LogP contribution is 2.32. The highest BCUT2D eigenvalue weighted by Gasteiger charge is 2.39. The lowest BCUT2D eigenvalue weighted by Gasteiger charge is -2.29. The fraction of sp³-hybridized carbons (Fsp3) is 0.516. The number of anilines is 1. The molecular formula is C31H43ClN4O6. The minimum absolute atomic E-state index is 0. The summed E-state index contributed by atoms with van der Waals surface area (Å²) >= 11 is 0. The van der Waals surface area contributed by atoms with Gasteiger partial charge in [-0.2, -0.15) is 0 Å². The molecule has 2 atom stereocenters. The zero-order chi connectivity index (χ0) is 29.0. The van der Waals surface area contributed by atoms with Crippen molar-refractivity contribution in [3.05, 3.63) is 59.2 Å². The van der Waals surface area contributed by atoms with E-state index in [4.69, 9.17) is 19.9 Å². The Labute approximate surface area is 254 Å². The van der Waals surface area contributed by atoms with Crippen molar-refractivity contribution in [3.63, 3.8) is 0 Å². The summed E-state index contributed by atoms with van der Waals surface area (Å²) in [6.07, 6.45) is 4.80. The van der Waals surface area contributed by atoms with Crippen molar-refractivity contribution in [2.45, 2.75) is 64.1 Å². The lowest BCUT2D eigenvalue weighted by atomic mass is 10.0. The van der Waals surface area contributed by atoms with E-state index < -0.39 is 11.9 Å². The van der Waals surface area contributed by atoms with E-state index in [0.29, 0.717) is 58.1 Å². The Bertz CT molecular complexity index is 1190. The number of fused-ring (bicyclic) bond motifs is 1. The van der Waals surface area contributed by atoms with Gasteiger partial charge in [-0.1, -0.05) is 24.6 Å². The normalized spacial score (nSPS) is 17.0. The van der Waals surface area contributed by atoms with Crippen molar-refractivity contribution in [3.8, 4) is 5.75 Å². The van der Waals surface area contributed by atoms with Gasteiger partial charge in [0.1, 0.15) is 11.8 Å². The molecule has 230 valence electrons. The second-order valence-corrected chi connectivity index (χ2v) is 10.5. The molecule has 1 saturated heterocycles. The van der Waals surface area contributed by atoms with Crippen LogP contribution < -0.4 is 21.1 Å². The summed E-state index contributed by atoms with van der Waals surface area (Å²) < 4.78 is 17.2. The summed E-state index contributed by atoms with van der Waals surface area (Å²) in [5, 5.41) is 5.68. The van der Waals surface area contributed by atoms with Gasteiger partial charge in [-0.3, -0.25) is 19.7 Å². The molecule has 1 unspecified atom stereocenters. The van der Waals surface area contributed by atoms with E-state index in [0.717, 1.165) is 48.2 Å². The van der Waals surface area contributed by atoms with Gasteiger partial charge in [0, 0.05) is 49.0 Å². The van der Waals surface area contributed by atoms with Gasteiger partial charge in [-0.25, -0.2) is 0 Å². The number of carbonyl (C=O) groups is 3. The highest BCUT2D eigenvalue weighted by molar-refractivity contribution is 6.06. The maximum Gasteiger partial charge on any atom is 0.255 e. The van der Waals surface area contributed by atoms with Crippen LogP contribution >= 0.6 is 12.4 Å². The number of hydrogen-bond donors (Lipinski definition) is 3. The van der Waals surface area contributed by atoms with E-state index in [2.05, 4.69) is 10.6 Å². The molecule has 0 saturated carbocycles. The van der Waals surface area contributed by atoms with Gasteiger partial charge in [0.25, 0.3) is 5.91 Å². The quantitative estimate of drug-likeness (QED) is 0.183. The van der Waals surface area contributed by atoms with Gasteiger partial charge >= 0.3 is 0 Å². The maximum atomic E-state index is 12.9. The van der Waals surface area contributed by atoms with Gasteiger partial charge in [0.05, 0.1) is 26.4 Å². The van der Waals surface area contributed by atoms with Crippen molar-refractivity contribution in [2.24, 2.45) is 5.73 Å². The van der Waals surface area contributed by atoms with Crippen LogP contribution in [0.2, 0.25) is 0 Å². The van der Waals surface area contributed by atoms with Gasteiger partial charge < -0.3 is 30.2 Å². The number of nitrogens with two attached hydrogens (primary N) is 1. The Kier molecular flexibility index (Phi) is 13.5. The van der Waals surface area contributed by atoms with Gasteiger partial charge in [-0.15, -0.1) is 12.4 Å². The average molecular weight is 603 g/mol. The van der Waals surface area contributed by atoms with Crippen LogP contribution in [0.25, 0.3) is 0 Å². The number of imide groups is 1. The smallest absolute Gasteiger partial charge is 0.255 e. The number of nitrogens with zero attached hydrogens (tertiary/aromatic N) is 1. The van der Waals surface area contributed by atoms with Crippen molar-refractivity contribution in [2.75, 3.05) is 44.9 Å². The molecule has 0 aliphatic carbocycles. The van der Waals surface area contributed by atoms with Crippen molar-refractivity contribution in [1.82, 2.24) is 10.2 Å². The van der Waals surface area contributed by atoms with E-state index in [1.165, 1.54) is 0 Å². The summed E-state index contributed by atoms with van der Waals surface area (Å²) in [6, 6.07) is 12.9. The summed E-state index contributed by atoms with van der Waals surface area (Å²) in [7, 11) is 0. The fourth-order valence-electron chi connectivity index (χ4n) is 5.07. The first-order valence-corrected chi connectivity index (χ1v) is 14.6. The lowest BCUT2D eigenvalue weighted by Crippen LogP contribution is -2.52. The molecule has 0 spiro atoms. The van der Waals surface area contributed by atoms with Crippen molar-refractivity contribution in [1.29, 1.82) is 0 Å². The molecule has 42 heavy (non-hydrogen) atoms. The van der Waals surface area contributed by atoms with E-state index in [1.807, 2.05) is 43.3 Å². The Morgan fingerprint density at radius 1 is 0.976 bits per heavy atom. The van der Waals surface area contributed by atoms with Crippen LogP contribution in [-0.4, -0.2) is 68.2 Å². The Balaban J connectivity index is 0.00000484. The van der Waals surface area contributed by atoms with Crippen LogP contribution in [-0.2, 0) is 25.6 Å². The molecular weight excluding hydrogens is 560 g/mol. The van der Waals surface area contributed by atoms with Crippen LogP contribution in [0.1, 0.15) is 73.0 Å². The first-order valence-electron chi connectivity index (χ1n) is 14.6. The van der Waals surface area contributed by atoms with Crippen LogP contribution in [0.15, 0.2) is 42.5 Å². The van der Waals surface area contributed by atoms with Crippen LogP contribution in [0.5, 0.6) is 5.75 Å². The molecule has 2 aromatic carbocycles. The number of ether oxygens (including phenoxy) is 3. The summed E-state index contributed by atoms with van der Waals surface area (Å²) in [6.45, 7) is 5.88. The molecule has 0 bridgehead atoms. The van der Waals surface area contributed by atoms with Gasteiger partial charge in [0.2, 0.25) is 11.8 Å². The molecule has 3 amide bonds. The first-order chi connectivity index (χ1) is 19.9. The van der Waals surface area contributed by atoms with Crippen LogP contribution in [0.3, 0.4) is 0 Å². The minimum Gasteiger partial charge on any atom is -0.494 e. The van der Waals surface area contributed by atoms with Crippen LogP contribution in [0, 0.1) is 0 Å². The molecule has 1 fully saturated rings. The van der Waals surface area contributed by atoms with Crippen molar-refractivity contribution >= 4 is 35.8 Å². The number of halogens is 1. The number of piperidine rings is 1. The fourth-order valence-corrected chi connectivity index (χ4v) is 5.07. The molecule has 0 aromatic heterocycles. The zero-order valence-corrected chi connectivity index (χ0v) is 25.1. The van der Waals surface area contributed by atoms with E-state index >= 15 is 0 Å². The third kappa shape index (κ3) is 9.42. The number of nitrogens with one attached hydrogen (secondary N) is 2. The van der Waals surface area contributed by atoms with Gasteiger partial charge in [-0.05, 0) is 62.4 Å². The molecule has 0 radical (unpaired) electrons.